The van der Waals surface area contributed by atoms with Gasteiger partial charge >= 0.3 is 6.03 Å². The number of unbranched alkanes of at least 4 members (excludes halogenated alkanes) is 2. The Morgan fingerprint density at radius 1 is 1.18 bits per heavy atom. The molecular formula is C25H27ClN4O3. The molecule has 0 saturated heterocycles. The van der Waals surface area contributed by atoms with Gasteiger partial charge < -0.3 is 14.6 Å². The fourth-order valence-electron chi connectivity index (χ4n) is 3.97. The predicted octanol–water partition coefficient (Wildman–Crippen LogP) is 6.09. The van der Waals surface area contributed by atoms with Crippen LogP contribution in [0.1, 0.15) is 50.6 Å². The molecule has 0 bridgehead atoms. The van der Waals surface area contributed by atoms with Gasteiger partial charge in [0.05, 0.1) is 18.7 Å². The SMILES string of the molecule is CCCCCN1C(=O)NC(c2ccc(OC)cc2)C(c2nc(-c3cccc(Cl)c3)no2)=C1C. The van der Waals surface area contributed by atoms with Gasteiger partial charge in [-0.15, -0.1) is 0 Å². The van der Waals surface area contributed by atoms with Gasteiger partial charge in [0.15, 0.2) is 0 Å². The molecule has 7 nitrogen and oxygen atoms in total. The van der Waals surface area contributed by atoms with E-state index < -0.39 is 6.04 Å². The normalized spacial score (nSPS) is 16.2. The Bertz CT molecular complexity index is 1160. The van der Waals surface area contributed by atoms with Crippen molar-refractivity contribution in [1.82, 2.24) is 20.4 Å². The average molecular weight is 467 g/mol. The van der Waals surface area contributed by atoms with E-state index in [1.807, 2.05) is 43.3 Å². The lowest BCUT2D eigenvalue weighted by molar-refractivity contribution is 0.204. The topological polar surface area (TPSA) is 80.5 Å². The third-order valence-corrected chi connectivity index (χ3v) is 6.01. The van der Waals surface area contributed by atoms with Crippen molar-refractivity contribution in [1.29, 1.82) is 0 Å². The predicted molar refractivity (Wildman–Crippen MR) is 128 cm³/mol. The molecule has 2 heterocycles. The molecule has 1 aliphatic rings. The van der Waals surface area contributed by atoms with E-state index in [-0.39, 0.29) is 6.03 Å². The van der Waals surface area contributed by atoms with Gasteiger partial charge in [0.1, 0.15) is 5.75 Å². The number of carbonyl (C=O) groups is 1. The first kappa shape index (κ1) is 22.9. The summed E-state index contributed by atoms with van der Waals surface area (Å²) in [5, 5.41) is 7.90. The molecule has 3 aromatic rings. The van der Waals surface area contributed by atoms with Crippen molar-refractivity contribution in [3.63, 3.8) is 0 Å². The Labute approximate surface area is 198 Å². The molecule has 0 fully saturated rings. The zero-order valence-electron chi connectivity index (χ0n) is 19.0. The second kappa shape index (κ2) is 10.1. The Morgan fingerprint density at radius 3 is 2.67 bits per heavy atom. The van der Waals surface area contributed by atoms with Crippen LogP contribution >= 0.6 is 11.6 Å². The maximum Gasteiger partial charge on any atom is 0.322 e. The summed E-state index contributed by atoms with van der Waals surface area (Å²) in [7, 11) is 1.62. The number of rotatable bonds is 8. The molecule has 2 aromatic carbocycles. The summed E-state index contributed by atoms with van der Waals surface area (Å²) >= 11 is 6.14. The molecule has 8 heteroatoms. The van der Waals surface area contributed by atoms with Crippen LogP contribution in [0.2, 0.25) is 5.02 Å². The number of nitrogens with zero attached hydrogens (tertiary/aromatic N) is 3. The molecule has 1 aliphatic heterocycles. The van der Waals surface area contributed by atoms with Crippen molar-refractivity contribution in [2.45, 2.75) is 39.2 Å². The van der Waals surface area contributed by atoms with Crippen LogP contribution in [0, 0.1) is 0 Å². The van der Waals surface area contributed by atoms with E-state index in [0.717, 1.165) is 47.4 Å². The second-order valence-electron chi connectivity index (χ2n) is 7.95. The molecule has 0 radical (unpaired) electrons. The summed E-state index contributed by atoms with van der Waals surface area (Å²) in [6.45, 7) is 4.69. The first-order valence-corrected chi connectivity index (χ1v) is 11.4. The number of nitrogens with one attached hydrogen (secondary N) is 1. The second-order valence-corrected chi connectivity index (χ2v) is 8.38. The van der Waals surface area contributed by atoms with Crippen LogP contribution in [0.4, 0.5) is 4.79 Å². The lowest BCUT2D eigenvalue weighted by Crippen LogP contribution is -2.46. The van der Waals surface area contributed by atoms with E-state index in [1.165, 1.54) is 0 Å². The van der Waals surface area contributed by atoms with Crippen molar-refractivity contribution < 1.29 is 14.1 Å². The molecule has 0 aliphatic carbocycles. The summed E-state index contributed by atoms with van der Waals surface area (Å²) in [4.78, 5) is 19.4. The van der Waals surface area contributed by atoms with Crippen LogP contribution in [-0.4, -0.2) is 34.7 Å². The van der Waals surface area contributed by atoms with E-state index in [9.17, 15) is 4.79 Å². The Balaban J connectivity index is 1.76. The van der Waals surface area contributed by atoms with Crippen molar-refractivity contribution in [3.05, 3.63) is 70.7 Å². The van der Waals surface area contributed by atoms with Gasteiger partial charge in [-0.1, -0.05) is 60.8 Å². The highest BCUT2D eigenvalue weighted by Crippen LogP contribution is 2.38. The van der Waals surface area contributed by atoms with Crippen molar-refractivity contribution >= 4 is 23.2 Å². The molecule has 4 rings (SSSR count). The molecular weight excluding hydrogens is 440 g/mol. The van der Waals surface area contributed by atoms with Crippen LogP contribution < -0.4 is 10.1 Å². The minimum atomic E-state index is -0.432. The van der Waals surface area contributed by atoms with Gasteiger partial charge in [-0.2, -0.15) is 4.98 Å². The van der Waals surface area contributed by atoms with Gasteiger partial charge in [-0.25, -0.2) is 4.79 Å². The summed E-state index contributed by atoms with van der Waals surface area (Å²) in [6.07, 6.45) is 3.04. The Hall–Kier alpha value is -3.32. The van der Waals surface area contributed by atoms with E-state index in [2.05, 4.69) is 22.4 Å². The lowest BCUT2D eigenvalue weighted by atomic mass is 9.94. The molecule has 1 atom stereocenters. The molecule has 33 heavy (non-hydrogen) atoms. The number of carbonyl (C=O) groups excluding carboxylic acids is 1. The number of urea groups is 1. The summed E-state index contributed by atoms with van der Waals surface area (Å²) < 4.78 is 11.0. The van der Waals surface area contributed by atoms with Crippen molar-refractivity contribution in [2.24, 2.45) is 0 Å². The highest BCUT2D eigenvalue weighted by molar-refractivity contribution is 6.30. The third-order valence-electron chi connectivity index (χ3n) is 5.77. The summed E-state index contributed by atoms with van der Waals surface area (Å²) in [5.74, 6) is 1.55. The molecule has 1 aromatic heterocycles. The van der Waals surface area contributed by atoms with Gasteiger partial charge in [0.25, 0.3) is 5.89 Å². The van der Waals surface area contributed by atoms with E-state index in [1.54, 1.807) is 24.1 Å². The van der Waals surface area contributed by atoms with Crippen LogP contribution in [0.15, 0.2) is 58.8 Å². The maximum absolute atomic E-state index is 13.0. The number of methoxy groups -OCH3 is 1. The number of aromatic nitrogens is 2. The third kappa shape index (κ3) is 4.88. The fourth-order valence-corrected chi connectivity index (χ4v) is 4.16. The molecule has 1 unspecified atom stereocenters. The zero-order chi connectivity index (χ0) is 23.4. The molecule has 1 N–H and O–H groups in total. The minimum Gasteiger partial charge on any atom is -0.497 e. The number of hydrogen-bond donors (Lipinski definition) is 1. The zero-order valence-corrected chi connectivity index (χ0v) is 19.7. The first-order chi connectivity index (χ1) is 16.0. The van der Waals surface area contributed by atoms with Crippen molar-refractivity contribution in [3.8, 4) is 17.1 Å². The number of amides is 2. The minimum absolute atomic E-state index is 0.136. The van der Waals surface area contributed by atoms with E-state index in [0.29, 0.717) is 23.3 Å². The van der Waals surface area contributed by atoms with E-state index in [4.69, 9.17) is 20.9 Å². The van der Waals surface area contributed by atoms with Gasteiger partial charge in [-0.05, 0) is 43.2 Å². The van der Waals surface area contributed by atoms with Crippen LogP contribution in [-0.2, 0) is 0 Å². The first-order valence-electron chi connectivity index (χ1n) is 11.0. The van der Waals surface area contributed by atoms with Crippen molar-refractivity contribution in [2.75, 3.05) is 13.7 Å². The molecule has 172 valence electrons. The number of ether oxygens (including phenoxy) is 1. The molecule has 0 spiro atoms. The van der Waals surface area contributed by atoms with Crippen LogP contribution in [0.5, 0.6) is 5.75 Å². The highest BCUT2D eigenvalue weighted by Gasteiger charge is 2.35. The van der Waals surface area contributed by atoms with Gasteiger partial charge in [-0.3, -0.25) is 4.90 Å². The fraction of sp³-hybridized carbons (Fsp3) is 0.320. The lowest BCUT2D eigenvalue weighted by Gasteiger charge is -2.35. The smallest absolute Gasteiger partial charge is 0.322 e. The summed E-state index contributed by atoms with van der Waals surface area (Å²) in [5.41, 5.74) is 3.24. The number of hydrogen-bond acceptors (Lipinski definition) is 5. The monoisotopic (exact) mass is 466 g/mol. The van der Waals surface area contributed by atoms with Crippen LogP contribution in [0.25, 0.3) is 17.0 Å². The largest absolute Gasteiger partial charge is 0.497 e. The molecule has 0 saturated carbocycles. The molecule has 2 amide bonds. The number of halogens is 1. The Morgan fingerprint density at radius 2 is 1.97 bits per heavy atom. The standard InChI is InChI=1S/C25H27ClN4O3/c1-4-5-6-14-30-16(2)21(22(27-25(30)31)17-10-12-20(32-3)13-11-17)24-28-23(29-33-24)18-8-7-9-19(26)15-18/h7-13,15,22H,4-6,14H2,1-3H3,(H,27,31). The Kier molecular flexibility index (Phi) is 6.99. The van der Waals surface area contributed by atoms with Gasteiger partial charge in [0.2, 0.25) is 5.82 Å². The van der Waals surface area contributed by atoms with Gasteiger partial charge in [0, 0.05) is 22.8 Å². The number of allylic oxidation sites excluding steroid dienone is 1. The quantitative estimate of drug-likeness (QED) is 0.406. The highest BCUT2D eigenvalue weighted by atomic mass is 35.5. The number of benzene rings is 2. The maximum atomic E-state index is 13.0. The van der Waals surface area contributed by atoms with E-state index >= 15 is 0 Å². The average Bonchev–Trinajstić information content (AvgIpc) is 3.31. The summed E-state index contributed by atoms with van der Waals surface area (Å²) in [6, 6.07) is 14.3. The van der Waals surface area contributed by atoms with Crippen LogP contribution in [0.3, 0.4) is 0 Å².